The van der Waals surface area contributed by atoms with Gasteiger partial charge in [0, 0.05) is 25.9 Å². The normalized spacial score (nSPS) is 13.1. The lowest BCUT2D eigenvalue weighted by molar-refractivity contribution is 0.171. The SMILES string of the molecule is COCC(C)NCCn1ccnn1. The van der Waals surface area contributed by atoms with Crippen molar-refractivity contribution in [3.63, 3.8) is 0 Å². The maximum absolute atomic E-state index is 4.99. The van der Waals surface area contributed by atoms with Gasteiger partial charge in [0.05, 0.1) is 19.3 Å². The van der Waals surface area contributed by atoms with Crippen LogP contribution >= 0.6 is 0 Å². The minimum atomic E-state index is 0.383. The lowest BCUT2D eigenvalue weighted by atomic mass is 10.3. The third-order valence-electron chi connectivity index (χ3n) is 1.72. The van der Waals surface area contributed by atoms with Gasteiger partial charge in [-0.3, -0.25) is 4.68 Å². The van der Waals surface area contributed by atoms with Crippen LogP contribution < -0.4 is 5.32 Å². The Balaban J connectivity index is 2.07. The first-order valence-corrected chi connectivity index (χ1v) is 4.39. The molecule has 1 rings (SSSR count). The molecule has 0 saturated carbocycles. The molecule has 1 unspecified atom stereocenters. The van der Waals surface area contributed by atoms with Crippen LogP contribution in [0, 0.1) is 0 Å². The molecule has 1 heterocycles. The molecule has 1 aromatic rings. The van der Waals surface area contributed by atoms with Crippen LogP contribution in [0.25, 0.3) is 0 Å². The molecule has 0 aliphatic rings. The molecule has 0 aromatic carbocycles. The summed E-state index contributed by atoms with van der Waals surface area (Å²) in [4.78, 5) is 0. The van der Waals surface area contributed by atoms with Crippen LogP contribution in [0.2, 0.25) is 0 Å². The van der Waals surface area contributed by atoms with Gasteiger partial charge < -0.3 is 10.1 Å². The van der Waals surface area contributed by atoms with Gasteiger partial charge in [0.1, 0.15) is 0 Å². The smallest absolute Gasteiger partial charge is 0.0692 e. The van der Waals surface area contributed by atoms with E-state index < -0.39 is 0 Å². The van der Waals surface area contributed by atoms with Crippen molar-refractivity contribution in [1.82, 2.24) is 20.3 Å². The molecule has 0 spiro atoms. The van der Waals surface area contributed by atoms with Gasteiger partial charge in [0.25, 0.3) is 0 Å². The second-order valence-corrected chi connectivity index (χ2v) is 2.98. The van der Waals surface area contributed by atoms with Gasteiger partial charge in [-0.25, -0.2) is 0 Å². The van der Waals surface area contributed by atoms with Crippen molar-refractivity contribution in [3.8, 4) is 0 Å². The third-order valence-corrected chi connectivity index (χ3v) is 1.72. The van der Waals surface area contributed by atoms with E-state index >= 15 is 0 Å². The summed E-state index contributed by atoms with van der Waals surface area (Å²) in [7, 11) is 1.70. The molecule has 1 aromatic heterocycles. The highest BCUT2D eigenvalue weighted by Crippen LogP contribution is 1.83. The lowest BCUT2D eigenvalue weighted by Crippen LogP contribution is -2.32. The number of rotatable bonds is 6. The summed E-state index contributed by atoms with van der Waals surface area (Å²) in [6.45, 7) is 4.55. The van der Waals surface area contributed by atoms with E-state index in [-0.39, 0.29) is 0 Å². The van der Waals surface area contributed by atoms with Gasteiger partial charge in [-0.1, -0.05) is 5.21 Å². The molecule has 74 valence electrons. The first-order chi connectivity index (χ1) is 6.33. The van der Waals surface area contributed by atoms with Gasteiger partial charge in [-0.05, 0) is 6.92 Å². The Morgan fingerprint density at radius 1 is 1.62 bits per heavy atom. The maximum Gasteiger partial charge on any atom is 0.0692 e. The van der Waals surface area contributed by atoms with E-state index in [0.717, 1.165) is 19.7 Å². The number of methoxy groups -OCH3 is 1. The molecule has 0 fully saturated rings. The van der Waals surface area contributed by atoms with E-state index in [4.69, 9.17) is 4.74 Å². The van der Waals surface area contributed by atoms with Gasteiger partial charge in [-0.2, -0.15) is 0 Å². The van der Waals surface area contributed by atoms with Gasteiger partial charge in [0.2, 0.25) is 0 Å². The lowest BCUT2D eigenvalue weighted by Gasteiger charge is -2.11. The number of nitrogens with one attached hydrogen (secondary N) is 1. The fourth-order valence-electron chi connectivity index (χ4n) is 1.09. The number of hydrogen-bond acceptors (Lipinski definition) is 4. The minimum absolute atomic E-state index is 0.383. The summed E-state index contributed by atoms with van der Waals surface area (Å²) in [6, 6.07) is 0.383. The number of ether oxygens (including phenoxy) is 1. The van der Waals surface area contributed by atoms with Gasteiger partial charge >= 0.3 is 0 Å². The van der Waals surface area contributed by atoms with Gasteiger partial charge in [-0.15, -0.1) is 5.10 Å². The standard InChI is InChI=1S/C8H16N4O/c1-8(7-13-2)9-3-5-12-6-4-10-11-12/h4,6,8-9H,3,5,7H2,1-2H3. The summed E-state index contributed by atoms with van der Waals surface area (Å²) >= 11 is 0. The van der Waals surface area contributed by atoms with Crippen molar-refractivity contribution in [1.29, 1.82) is 0 Å². The zero-order chi connectivity index (χ0) is 9.52. The fraction of sp³-hybridized carbons (Fsp3) is 0.750. The molecule has 0 amide bonds. The highest BCUT2D eigenvalue weighted by atomic mass is 16.5. The van der Waals surface area contributed by atoms with Gasteiger partial charge in [0.15, 0.2) is 0 Å². The molecular weight excluding hydrogens is 168 g/mol. The summed E-state index contributed by atoms with van der Waals surface area (Å²) in [6.07, 6.45) is 3.53. The Kier molecular flexibility index (Phi) is 4.42. The third kappa shape index (κ3) is 4.00. The number of nitrogens with zero attached hydrogens (tertiary/aromatic N) is 3. The molecule has 5 nitrogen and oxygen atoms in total. The number of hydrogen-bond donors (Lipinski definition) is 1. The molecular formula is C8H16N4O. The molecule has 1 atom stereocenters. The quantitative estimate of drug-likeness (QED) is 0.671. The summed E-state index contributed by atoms with van der Waals surface area (Å²) in [5.74, 6) is 0. The van der Waals surface area contributed by atoms with Crippen molar-refractivity contribution in [3.05, 3.63) is 12.4 Å². The van der Waals surface area contributed by atoms with E-state index in [1.165, 1.54) is 0 Å². The first-order valence-electron chi connectivity index (χ1n) is 4.39. The van der Waals surface area contributed by atoms with Crippen LogP contribution in [-0.2, 0) is 11.3 Å². The van der Waals surface area contributed by atoms with E-state index in [9.17, 15) is 0 Å². The average Bonchev–Trinajstić information content (AvgIpc) is 2.57. The Hall–Kier alpha value is -0.940. The molecule has 5 heteroatoms. The minimum Gasteiger partial charge on any atom is -0.383 e. The zero-order valence-electron chi connectivity index (χ0n) is 8.10. The molecule has 0 bridgehead atoms. The largest absolute Gasteiger partial charge is 0.383 e. The van der Waals surface area contributed by atoms with Crippen molar-refractivity contribution in [2.75, 3.05) is 20.3 Å². The van der Waals surface area contributed by atoms with E-state index in [2.05, 4.69) is 22.6 Å². The predicted octanol–water partition coefficient (Wildman–Crippen LogP) is -0.0974. The Morgan fingerprint density at radius 2 is 2.46 bits per heavy atom. The summed E-state index contributed by atoms with van der Waals surface area (Å²) in [5.41, 5.74) is 0. The molecule has 0 aliphatic heterocycles. The first kappa shape index (κ1) is 10.1. The van der Waals surface area contributed by atoms with Crippen molar-refractivity contribution in [2.24, 2.45) is 0 Å². The van der Waals surface area contributed by atoms with Crippen LogP contribution in [0.4, 0.5) is 0 Å². The summed E-state index contributed by atoms with van der Waals surface area (Å²) < 4.78 is 6.79. The van der Waals surface area contributed by atoms with Crippen molar-refractivity contribution < 1.29 is 4.74 Å². The summed E-state index contributed by atoms with van der Waals surface area (Å²) in [5, 5.41) is 10.9. The second-order valence-electron chi connectivity index (χ2n) is 2.98. The topological polar surface area (TPSA) is 52.0 Å². The van der Waals surface area contributed by atoms with Crippen LogP contribution in [0.3, 0.4) is 0 Å². The van der Waals surface area contributed by atoms with Crippen LogP contribution in [-0.4, -0.2) is 41.3 Å². The van der Waals surface area contributed by atoms with Crippen LogP contribution in [0.5, 0.6) is 0 Å². The highest BCUT2D eigenvalue weighted by molar-refractivity contribution is 4.65. The Labute approximate surface area is 78.1 Å². The Morgan fingerprint density at radius 3 is 3.08 bits per heavy atom. The van der Waals surface area contributed by atoms with E-state index in [0.29, 0.717) is 6.04 Å². The van der Waals surface area contributed by atoms with Crippen molar-refractivity contribution in [2.45, 2.75) is 19.5 Å². The number of aromatic nitrogens is 3. The molecule has 0 saturated heterocycles. The highest BCUT2D eigenvalue weighted by Gasteiger charge is 1.98. The zero-order valence-corrected chi connectivity index (χ0v) is 8.10. The maximum atomic E-state index is 4.99. The molecule has 0 aliphatic carbocycles. The monoisotopic (exact) mass is 184 g/mol. The average molecular weight is 184 g/mol. The molecule has 13 heavy (non-hydrogen) atoms. The predicted molar refractivity (Wildman–Crippen MR) is 49.4 cm³/mol. The van der Waals surface area contributed by atoms with Crippen LogP contribution in [0.1, 0.15) is 6.92 Å². The molecule has 0 radical (unpaired) electrons. The van der Waals surface area contributed by atoms with Crippen molar-refractivity contribution >= 4 is 0 Å². The molecule has 1 N–H and O–H groups in total. The van der Waals surface area contributed by atoms with E-state index in [1.807, 2.05) is 6.20 Å². The Bertz CT molecular complexity index is 212. The fourth-order valence-corrected chi connectivity index (χ4v) is 1.09. The second kappa shape index (κ2) is 5.66. The van der Waals surface area contributed by atoms with Crippen LogP contribution in [0.15, 0.2) is 12.4 Å². The van der Waals surface area contributed by atoms with E-state index in [1.54, 1.807) is 18.0 Å².